The maximum atomic E-state index is 12.8. The lowest BCUT2D eigenvalue weighted by Gasteiger charge is -2.28. The first-order chi connectivity index (χ1) is 22.9. The zero-order valence-electron chi connectivity index (χ0n) is 28.5. The first-order valence-corrected chi connectivity index (χ1v) is 17.6. The molecule has 48 heavy (non-hydrogen) atoms. The predicted molar refractivity (Wildman–Crippen MR) is 179 cm³/mol. The van der Waals surface area contributed by atoms with Crippen LogP contribution in [0, 0.1) is 11.8 Å². The number of unbranched alkanes of at least 4 members (excludes halogenated alkanes) is 11. The molecule has 272 valence electrons. The van der Waals surface area contributed by atoms with E-state index in [1.54, 1.807) is 0 Å². The van der Waals surface area contributed by atoms with Crippen molar-refractivity contribution in [3.8, 4) is 0 Å². The van der Waals surface area contributed by atoms with E-state index in [0.717, 1.165) is 63.5 Å². The molecule has 2 atom stereocenters. The van der Waals surface area contributed by atoms with Gasteiger partial charge in [-0.05, 0) is 63.9 Å². The van der Waals surface area contributed by atoms with Gasteiger partial charge in [0.2, 0.25) is 17.7 Å². The molecule has 0 aromatic heterocycles. The van der Waals surface area contributed by atoms with E-state index in [1.165, 1.54) is 45.4 Å². The van der Waals surface area contributed by atoms with Crippen molar-refractivity contribution in [3.05, 3.63) is 12.2 Å². The van der Waals surface area contributed by atoms with Gasteiger partial charge in [-0.3, -0.25) is 19.2 Å². The fraction of sp³-hybridized carbons (Fsp3) is 0.743. The number of aliphatic carboxylic acids is 3. The Morgan fingerprint density at radius 2 is 1.19 bits per heavy atom. The summed E-state index contributed by atoms with van der Waals surface area (Å²) in [4.78, 5) is 81.8. The average Bonchev–Trinajstić information content (AvgIpc) is 3.03. The number of Topliss-reactive ketones (excluding diaryl/α,β-unsaturated/α-hetero) is 1. The quantitative estimate of drug-likeness (QED) is 0.0527. The van der Waals surface area contributed by atoms with Crippen molar-refractivity contribution in [2.75, 3.05) is 6.54 Å². The summed E-state index contributed by atoms with van der Waals surface area (Å²) in [6.07, 6.45) is 18.1. The lowest BCUT2D eigenvalue weighted by molar-refractivity contribution is -0.142. The van der Waals surface area contributed by atoms with E-state index in [9.17, 15) is 43.8 Å². The lowest BCUT2D eigenvalue weighted by atomic mass is 9.81. The van der Waals surface area contributed by atoms with Crippen LogP contribution in [-0.4, -0.2) is 75.4 Å². The van der Waals surface area contributed by atoms with Crippen LogP contribution in [0.25, 0.3) is 0 Å². The van der Waals surface area contributed by atoms with Gasteiger partial charge in [0.05, 0.1) is 0 Å². The average molecular weight is 680 g/mol. The van der Waals surface area contributed by atoms with Crippen molar-refractivity contribution in [2.45, 2.75) is 147 Å². The van der Waals surface area contributed by atoms with Crippen LogP contribution in [0.15, 0.2) is 12.2 Å². The molecule has 13 heteroatoms. The number of hydrogen-bond donors (Lipinski definition) is 6. The molecule has 6 N–H and O–H groups in total. The van der Waals surface area contributed by atoms with Crippen LogP contribution in [0.2, 0.25) is 0 Å². The Balaban J connectivity index is 2.20. The van der Waals surface area contributed by atoms with Crippen molar-refractivity contribution >= 4 is 41.4 Å². The van der Waals surface area contributed by atoms with Crippen LogP contribution in [0.3, 0.4) is 0 Å². The summed E-state index contributed by atoms with van der Waals surface area (Å²) >= 11 is 0. The predicted octanol–water partition coefficient (Wildman–Crippen LogP) is 4.52. The van der Waals surface area contributed by atoms with Gasteiger partial charge in [0, 0.05) is 37.8 Å². The number of hydrogen-bond acceptors (Lipinski definition) is 7. The highest BCUT2D eigenvalue weighted by Crippen LogP contribution is 2.28. The van der Waals surface area contributed by atoms with Crippen molar-refractivity contribution in [3.63, 3.8) is 0 Å². The number of ketones is 1. The summed E-state index contributed by atoms with van der Waals surface area (Å²) in [6, 6.07) is -2.78. The fourth-order valence-corrected chi connectivity index (χ4v) is 5.78. The normalized spacial score (nSPS) is 17.3. The largest absolute Gasteiger partial charge is 0.481 e. The molecule has 0 heterocycles. The molecule has 1 saturated carbocycles. The molecule has 0 saturated heterocycles. The van der Waals surface area contributed by atoms with Crippen LogP contribution in [0.1, 0.15) is 135 Å². The van der Waals surface area contributed by atoms with E-state index in [4.69, 9.17) is 5.11 Å². The Kier molecular flexibility index (Phi) is 22.2. The maximum Gasteiger partial charge on any atom is 0.330 e. The number of carboxylic acid groups (broad SMARTS) is 3. The number of nitrogens with one attached hydrogen (secondary N) is 3. The second kappa shape index (κ2) is 25.3. The minimum absolute atomic E-state index is 0.0338. The van der Waals surface area contributed by atoms with Gasteiger partial charge in [0.15, 0.2) is 0 Å². The lowest BCUT2D eigenvalue weighted by Crippen LogP contribution is -2.44. The minimum atomic E-state index is -1.47. The van der Waals surface area contributed by atoms with Crippen LogP contribution >= 0.6 is 0 Å². The van der Waals surface area contributed by atoms with E-state index >= 15 is 0 Å². The minimum Gasteiger partial charge on any atom is -0.481 e. The molecule has 0 aromatic rings. The molecule has 2 unspecified atom stereocenters. The summed E-state index contributed by atoms with van der Waals surface area (Å²) in [5.74, 6) is -5.04. The number of rotatable bonds is 27. The fourth-order valence-electron chi connectivity index (χ4n) is 5.78. The SMILES string of the molecule is CC(=O)CCC(NC(=O)C=CC(NC(=O)C1CCC(CNC(=O)CCCCCCCCCCCCCCC(=O)O)CC1)C(=O)O)C(=O)O. The topological polar surface area (TPSA) is 216 Å². The number of carboxylic acids is 3. The Hall–Kier alpha value is -3.77. The highest BCUT2D eigenvalue weighted by Gasteiger charge is 2.29. The molecule has 0 aromatic carbocycles. The molecule has 0 spiro atoms. The molecule has 1 aliphatic carbocycles. The second-order valence-electron chi connectivity index (χ2n) is 13.0. The Bertz CT molecular complexity index is 1070. The van der Waals surface area contributed by atoms with Crippen LogP contribution in [0.5, 0.6) is 0 Å². The van der Waals surface area contributed by atoms with Gasteiger partial charge in [-0.2, -0.15) is 0 Å². The molecule has 0 bridgehead atoms. The van der Waals surface area contributed by atoms with Gasteiger partial charge < -0.3 is 36.1 Å². The number of carbonyl (C=O) groups is 7. The van der Waals surface area contributed by atoms with E-state index in [-0.39, 0.29) is 42.8 Å². The Morgan fingerprint density at radius 3 is 1.67 bits per heavy atom. The number of amides is 3. The Labute approximate surface area is 284 Å². The van der Waals surface area contributed by atoms with Gasteiger partial charge in [-0.25, -0.2) is 9.59 Å². The van der Waals surface area contributed by atoms with E-state index in [1.807, 2.05) is 0 Å². The van der Waals surface area contributed by atoms with Crippen LogP contribution in [0.4, 0.5) is 0 Å². The van der Waals surface area contributed by atoms with E-state index < -0.39 is 41.8 Å². The third-order valence-electron chi connectivity index (χ3n) is 8.75. The van der Waals surface area contributed by atoms with Gasteiger partial charge in [0.25, 0.3) is 0 Å². The van der Waals surface area contributed by atoms with Gasteiger partial charge in [0.1, 0.15) is 17.9 Å². The summed E-state index contributed by atoms with van der Waals surface area (Å²) in [5, 5.41) is 35.0. The molecular weight excluding hydrogens is 622 g/mol. The number of carbonyl (C=O) groups excluding carboxylic acids is 4. The van der Waals surface area contributed by atoms with E-state index in [0.29, 0.717) is 25.8 Å². The third kappa shape index (κ3) is 21.2. The summed E-state index contributed by atoms with van der Waals surface area (Å²) in [6.45, 7) is 1.85. The van der Waals surface area contributed by atoms with Gasteiger partial charge in [-0.15, -0.1) is 0 Å². The summed E-state index contributed by atoms with van der Waals surface area (Å²) in [5.41, 5.74) is 0. The highest BCUT2D eigenvalue weighted by molar-refractivity contribution is 5.93. The van der Waals surface area contributed by atoms with E-state index in [2.05, 4.69) is 16.0 Å². The molecule has 13 nitrogen and oxygen atoms in total. The van der Waals surface area contributed by atoms with Crippen molar-refractivity contribution in [2.24, 2.45) is 11.8 Å². The monoisotopic (exact) mass is 679 g/mol. The molecule has 1 aliphatic rings. The summed E-state index contributed by atoms with van der Waals surface area (Å²) < 4.78 is 0. The zero-order valence-corrected chi connectivity index (χ0v) is 28.5. The summed E-state index contributed by atoms with van der Waals surface area (Å²) in [7, 11) is 0. The molecule has 1 fully saturated rings. The highest BCUT2D eigenvalue weighted by atomic mass is 16.4. The molecule has 0 radical (unpaired) electrons. The van der Waals surface area contributed by atoms with Crippen molar-refractivity contribution < 1.29 is 48.9 Å². The maximum absolute atomic E-state index is 12.8. The zero-order chi connectivity index (χ0) is 35.7. The van der Waals surface area contributed by atoms with Crippen LogP contribution < -0.4 is 16.0 Å². The van der Waals surface area contributed by atoms with Gasteiger partial charge in [-0.1, -0.05) is 64.2 Å². The first kappa shape index (κ1) is 42.3. The third-order valence-corrected chi connectivity index (χ3v) is 8.75. The smallest absolute Gasteiger partial charge is 0.330 e. The van der Waals surface area contributed by atoms with Crippen molar-refractivity contribution in [1.82, 2.24) is 16.0 Å². The van der Waals surface area contributed by atoms with Gasteiger partial charge >= 0.3 is 17.9 Å². The second-order valence-corrected chi connectivity index (χ2v) is 13.0. The Morgan fingerprint density at radius 1 is 0.667 bits per heavy atom. The molecule has 1 rings (SSSR count). The first-order valence-electron chi connectivity index (χ1n) is 17.6. The molecule has 0 aliphatic heterocycles. The van der Waals surface area contributed by atoms with Crippen LogP contribution in [-0.2, 0) is 33.6 Å². The van der Waals surface area contributed by atoms with Crippen molar-refractivity contribution in [1.29, 1.82) is 0 Å². The standard InChI is InChI=1S/C35H57N3O10/c1-25(39)16-21-28(34(45)46)37-31(41)23-22-29(35(47)48)38-33(44)27-19-17-26(18-20-27)24-36-30(40)14-12-10-8-6-4-2-3-5-7-9-11-13-15-32(42)43/h22-23,26-29H,2-21,24H2,1H3,(H,36,40)(H,37,41)(H,38,44)(H,42,43)(H,45,46)(H,47,48). The molecule has 3 amide bonds. The molecular formula is C35H57N3O10.